The highest BCUT2D eigenvalue weighted by Crippen LogP contribution is 2.32. The van der Waals surface area contributed by atoms with Crippen LogP contribution in [0.3, 0.4) is 0 Å². The fourth-order valence-electron chi connectivity index (χ4n) is 2.31. The summed E-state index contributed by atoms with van der Waals surface area (Å²) >= 11 is 0. The molecule has 2 heteroatoms. The molecule has 0 rings (SSSR count). The van der Waals surface area contributed by atoms with E-state index in [0.29, 0.717) is 5.41 Å². The highest BCUT2D eigenvalue weighted by Gasteiger charge is 2.21. The Morgan fingerprint density at radius 3 is 2.24 bits per heavy atom. The largest absolute Gasteiger partial charge is 0.415 e. The molecule has 1 unspecified atom stereocenters. The van der Waals surface area contributed by atoms with Crippen molar-refractivity contribution in [3.63, 3.8) is 0 Å². The fraction of sp³-hybridized carbons (Fsp3) is 0.933. The van der Waals surface area contributed by atoms with Gasteiger partial charge >= 0.3 is 0 Å². The Hall–Kier alpha value is 0.177. The van der Waals surface area contributed by atoms with Crippen molar-refractivity contribution in [1.82, 2.24) is 0 Å². The summed E-state index contributed by atoms with van der Waals surface area (Å²) in [6.07, 6.45) is 7.87. The van der Waals surface area contributed by atoms with E-state index in [1.54, 1.807) is 0 Å². The van der Waals surface area contributed by atoms with Gasteiger partial charge < -0.3 is 4.43 Å². The Labute approximate surface area is 111 Å². The van der Waals surface area contributed by atoms with E-state index in [4.69, 9.17) is 4.43 Å². The normalized spacial score (nSPS) is 14.3. The topological polar surface area (TPSA) is 9.23 Å². The Balaban J connectivity index is 3.44. The molecule has 0 saturated heterocycles. The molecule has 1 nitrogen and oxygen atoms in total. The molecule has 1 radical (unpaired) electrons. The number of hydrogen-bond acceptors (Lipinski definition) is 1. The van der Waals surface area contributed by atoms with Gasteiger partial charge in [-0.15, -0.1) is 0 Å². The van der Waals surface area contributed by atoms with Crippen molar-refractivity contribution in [2.45, 2.75) is 79.3 Å². The van der Waals surface area contributed by atoms with Gasteiger partial charge in [-0.2, -0.15) is 0 Å². The summed E-state index contributed by atoms with van der Waals surface area (Å²) in [5, 5.41) is 0. The predicted molar refractivity (Wildman–Crippen MR) is 80.6 cm³/mol. The second-order valence-corrected chi connectivity index (χ2v) is 8.83. The first kappa shape index (κ1) is 17.2. The van der Waals surface area contributed by atoms with Crippen LogP contribution in [0.15, 0.2) is 0 Å². The van der Waals surface area contributed by atoms with Crippen LogP contribution in [0.1, 0.15) is 66.2 Å². The average molecular weight is 258 g/mol. The number of rotatable bonds is 9. The zero-order valence-corrected chi connectivity index (χ0v) is 14.0. The van der Waals surface area contributed by atoms with Crippen molar-refractivity contribution in [2.75, 3.05) is 0 Å². The van der Waals surface area contributed by atoms with Gasteiger partial charge in [0.15, 0.2) is 9.04 Å². The van der Waals surface area contributed by atoms with Crippen LogP contribution >= 0.6 is 0 Å². The lowest BCUT2D eigenvalue weighted by Gasteiger charge is -2.29. The van der Waals surface area contributed by atoms with Crippen LogP contribution in [-0.2, 0) is 4.43 Å². The third kappa shape index (κ3) is 9.84. The summed E-state index contributed by atoms with van der Waals surface area (Å²) in [6.45, 7) is 15.9. The smallest absolute Gasteiger partial charge is 0.171 e. The molecule has 103 valence electrons. The molecule has 0 aliphatic rings. The molecular formula is C15H33OSi. The third-order valence-electron chi connectivity index (χ3n) is 3.46. The predicted octanol–water partition coefficient (Wildman–Crippen LogP) is 5.17. The monoisotopic (exact) mass is 257 g/mol. The van der Waals surface area contributed by atoms with E-state index in [9.17, 15) is 0 Å². The SMILES string of the molecule is CCC(CCCCC[CH]O[SiH](C)C)C(C)(C)C. The minimum atomic E-state index is -0.829. The molecule has 0 aliphatic heterocycles. The molecule has 1 atom stereocenters. The van der Waals surface area contributed by atoms with Crippen LogP contribution in [0.4, 0.5) is 0 Å². The molecule has 0 N–H and O–H groups in total. The number of hydrogen-bond donors (Lipinski definition) is 0. The lowest BCUT2D eigenvalue weighted by atomic mass is 9.76. The maximum absolute atomic E-state index is 5.56. The van der Waals surface area contributed by atoms with Gasteiger partial charge in [-0.25, -0.2) is 0 Å². The van der Waals surface area contributed by atoms with Gasteiger partial charge in [0.2, 0.25) is 0 Å². The molecular weight excluding hydrogens is 224 g/mol. The first-order chi connectivity index (χ1) is 7.88. The van der Waals surface area contributed by atoms with E-state index >= 15 is 0 Å². The molecule has 0 saturated carbocycles. The molecule has 0 aliphatic carbocycles. The summed E-state index contributed by atoms with van der Waals surface area (Å²) in [7, 11) is -0.829. The van der Waals surface area contributed by atoms with Crippen LogP contribution in [0.5, 0.6) is 0 Å². The molecule has 0 aromatic heterocycles. The zero-order valence-electron chi connectivity index (χ0n) is 12.9. The van der Waals surface area contributed by atoms with Gasteiger partial charge in [0.1, 0.15) is 0 Å². The first-order valence-corrected chi connectivity index (χ1v) is 10.1. The quantitative estimate of drug-likeness (QED) is 0.409. The Morgan fingerprint density at radius 2 is 1.76 bits per heavy atom. The zero-order chi connectivity index (χ0) is 13.3. The summed E-state index contributed by atoms with van der Waals surface area (Å²) in [5.74, 6) is 0.880. The van der Waals surface area contributed by atoms with Gasteiger partial charge in [0, 0.05) is 0 Å². The summed E-state index contributed by atoms with van der Waals surface area (Å²) in [5.41, 5.74) is 0.479. The van der Waals surface area contributed by atoms with E-state index in [1.807, 2.05) is 6.61 Å². The van der Waals surface area contributed by atoms with Crippen LogP contribution in [0, 0.1) is 17.9 Å². The molecule has 17 heavy (non-hydrogen) atoms. The minimum Gasteiger partial charge on any atom is -0.415 e. The maximum atomic E-state index is 5.56. The minimum absolute atomic E-state index is 0.479. The van der Waals surface area contributed by atoms with Crippen molar-refractivity contribution in [3.8, 4) is 0 Å². The molecule has 0 aromatic carbocycles. The first-order valence-electron chi connectivity index (χ1n) is 7.35. The lowest BCUT2D eigenvalue weighted by molar-refractivity contribution is 0.213. The summed E-state index contributed by atoms with van der Waals surface area (Å²) in [6, 6.07) is 0. The maximum Gasteiger partial charge on any atom is 0.171 e. The Kier molecular flexibility index (Phi) is 9.25. The van der Waals surface area contributed by atoms with Gasteiger partial charge in [0.25, 0.3) is 0 Å². The van der Waals surface area contributed by atoms with Crippen LogP contribution in [-0.4, -0.2) is 9.04 Å². The van der Waals surface area contributed by atoms with Crippen molar-refractivity contribution in [3.05, 3.63) is 6.61 Å². The lowest BCUT2D eigenvalue weighted by Crippen LogP contribution is -2.19. The second kappa shape index (κ2) is 9.15. The molecule has 0 heterocycles. The molecule has 0 fully saturated rings. The van der Waals surface area contributed by atoms with Crippen molar-refractivity contribution < 1.29 is 4.43 Å². The highest BCUT2D eigenvalue weighted by atomic mass is 28.3. The molecule has 0 bridgehead atoms. The number of unbranched alkanes of at least 4 members (excludes halogenated alkanes) is 3. The van der Waals surface area contributed by atoms with Crippen LogP contribution < -0.4 is 0 Å². The molecule has 0 spiro atoms. The van der Waals surface area contributed by atoms with E-state index in [1.165, 1.54) is 32.1 Å². The third-order valence-corrected chi connectivity index (χ3v) is 4.20. The molecule has 0 amide bonds. The van der Waals surface area contributed by atoms with Gasteiger partial charge in [0.05, 0.1) is 6.61 Å². The van der Waals surface area contributed by atoms with Crippen LogP contribution in [0.2, 0.25) is 13.1 Å². The fourth-order valence-corrected chi connectivity index (χ4v) is 2.83. The van der Waals surface area contributed by atoms with Crippen molar-refractivity contribution in [2.24, 2.45) is 11.3 Å². The Morgan fingerprint density at radius 1 is 1.12 bits per heavy atom. The van der Waals surface area contributed by atoms with Crippen molar-refractivity contribution >= 4 is 9.04 Å². The van der Waals surface area contributed by atoms with E-state index in [-0.39, 0.29) is 0 Å². The van der Waals surface area contributed by atoms with Crippen molar-refractivity contribution in [1.29, 1.82) is 0 Å². The highest BCUT2D eigenvalue weighted by molar-refractivity contribution is 6.48. The van der Waals surface area contributed by atoms with E-state index in [2.05, 4.69) is 40.8 Å². The Bertz CT molecular complexity index is 172. The van der Waals surface area contributed by atoms with E-state index in [0.717, 1.165) is 12.3 Å². The van der Waals surface area contributed by atoms with Gasteiger partial charge in [-0.05, 0) is 37.3 Å². The summed E-state index contributed by atoms with van der Waals surface area (Å²) in [4.78, 5) is 0. The molecule has 0 aromatic rings. The van der Waals surface area contributed by atoms with E-state index < -0.39 is 9.04 Å². The second-order valence-electron chi connectivity index (χ2n) is 6.46. The van der Waals surface area contributed by atoms with Gasteiger partial charge in [-0.1, -0.05) is 53.4 Å². The summed E-state index contributed by atoms with van der Waals surface area (Å²) < 4.78 is 5.56. The average Bonchev–Trinajstić information content (AvgIpc) is 2.19. The van der Waals surface area contributed by atoms with Crippen LogP contribution in [0.25, 0.3) is 0 Å². The standard InChI is InChI=1S/C15H33OSi/c1-7-14(15(2,3)4)12-10-8-9-11-13-16-17(5)6/h13-14,17H,7-12H2,1-6H3. The van der Waals surface area contributed by atoms with Gasteiger partial charge in [-0.3, -0.25) is 0 Å².